The van der Waals surface area contributed by atoms with E-state index >= 15 is 0 Å². The van der Waals surface area contributed by atoms with Crippen molar-refractivity contribution in [3.05, 3.63) is 50.2 Å². The van der Waals surface area contributed by atoms with Crippen molar-refractivity contribution in [3.8, 4) is 11.5 Å². The molecule has 1 atom stereocenters. The van der Waals surface area contributed by atoms with E-state index < -0.39 is 10.8 Å². The van der Waals surface area contributed by atoms with E-state index in [1.807, 2.05) is 17.5 Å². The molecule has 10 heteroatoms. The van der Waals surface area contributed by atoms with Crippen LogP contribution in [0.3, 0.4) is 0 Å². The number of carbonyl (C=O) groups is 1. The first kappa shape index (κ1) is 18.7. The van der Waals surface area contributed by atoms with Gasteiger partial charge in [0.15, 0.2) is 11.5 Å². The van der Waals surface area contributed by atoms with E-state index in [1.165, 1.54) is 12.1 Å². The predicted molar refractivity (Wildman–Crippen MR) is 101 cm³/mol. The number of nitro benzene ring substituents is 1. The third kappa shape index (κ3) is 3.79. The van der Waals surface area contributed by atoms with Gasteiger partial charge < -0.3 is 19.5 Å². The minimum Gasteiger partial charge on any atom is -0.454 e. The van der Waals surface area contributed by atoms with Crippen molar-refractivity contribution >= 4 is 22.9 Å². The number of carbonyl (C=O) groups excluding carboxylic acids is 1. The topological polar surface area (TPSA) is 103 Å². The third-order valence-corrected chi connectivity index (χ3v) is 5.72. The van der Waals surface area contributed by atoms with E-state index in [1.54, 1.807) is 11.3 Å². The number of rotatable bonds is 6. The predicted octanol–water partition coefficient (Wildman–Crippen LogP) is 2.19. The molecule has 0 bridgehead atoms. The minimum absolute atomic E-state index is 0.0130. The Bertz CT molecular complexity index is 866. The Kier molecular flexibility index (Phi) is 5.42. The summed E-state index contributed by atoms with van der Waals surface area (Å²) in [6, 6.07) is 6.58. The molecule has 2 aliphatic rings. The van der Waals surface area contributed by atoms with Gasteiger partial charge in [-0.1, -0.05) is 6.07 Å². The zero-order valence-electron chi connectivity index (χ0n) is 15.0. The molecule has 9 nitrogen and oxygen atoms in total. The molecule has 2 aromatic rings. The van der Waals surface area contributed by atoms with E-state index in [4.69, 9.17) is 14.2 Å². The summed E-state index contributed by atoms with van der Waals surface area (Å²) in [5.74, 6) is 0.0894. The molecular formula is C18H19N3O6S. The van der Waals surface area contributed by atoms with Crippen molar-refractivity contribution in [2.75, 3.05) is 39.6 Å². The van der Waals surface area contributed by atoms with Gasteiger partial charge in [-0.25, -0.2) is 0 Å². The number of nitrogens with one attached hydrogen (secondary N) is 1. The molecule has 1 unspecified atom stereocenters. The third-order valence-electron chi connectivity index (χ3n) is 4.75. The molecule has 0 aliphatic carbocycles. The van der Waals surface area contributed by atoms with Crippen LogP contribution in [0, 0.1) is 10.1 Å². The van der Waals surface area contributed by atoms with Crippen molar-refractivity contribution in [2.45, 2.75) is 6.04 Å². The number of nitrogens with zero attached hydrogens (tertiary/aromatic N) is 2. The number of fused-ring (bicyclic) bond motifs is 1. The van der Waals surface area contributed by atoms with Gasteiger partial charge in [0.2, 0.25) is 6.79 Å². The Balaban J connectivity index is 1.53. The van der Waals surface area contributed by atoms with Crippen LogP contribution in [0.4, 0.5) is 5.69 Å². The standard InChI is InChI=1S/C18H19N3O6S/c22-18(12-8-15-16(27-11-26-15)9-13(12)21(23)24)19-10-14(17-2-1-7-28-17)20-3-5-25-6-4-20/h1-2,7-9,14H,3-6,10-11H2,(H,19,22). The van der Waals surface area contributed by atoms with Gasteiger partial charge in [0.25, 0.3) is 11.6 Å². The van der Waals surface area contributed by atoms with Crippen molar-refractivity contribution in [3.63, 3.8) is 0 Å². The monoisotopic (exact) mass is 405 g/mol. The lowest BCUT2D eigenvalue weighted by atomic mass is 10.1. The molecule has 0 spiro atoms. The van der Waals surface area contributed by atoms with Crippen LogP contribution in [0.5, 0.6) is 11.5 Å². The first-order valence-corrected chi connectivity index (χ1v) is 9.73. The molecule has 1 aromatic heterocycles. The molecule has 0 saturated carbocycles. The van der Waals surface area contributed by atoms with Crippen LogP contribution in [0.15, 0.2) is 29.6 Å². The van der Waals surface area contributed by atoms with Gasteiger partial charge in [-0.05, 0) is 11.4 Å². The van der Waals surface area contributed by atoms with Crippen LogP contribution in [-0.2, 0) is 4.74 Å². The normalized spacial score (nSPS) is 17.3. The number of thiophene rings is 1. The Labute approximate surface area is 165 Å². The fourth-order valence-electron chi connectivity index (χ4n) is 3.33. The number of nitro groups is 1. The zero-order valence-corrected chi connectivity index (χ0v) is 15.8. The van der Waals surface area contributed by atoms with E-state index in [2.05, 4.69) is 10.2 Å². The van der Waals surface area contributed by atoms with Crippen molar-refractivity contribution in [1.82, 2.24) is 10.2 Å². The Morgan fingerprint density at radius 3 is 2.71 bits per heavy atom. The maximum Gasteiger partial charge on any atom is 0.286 e. The number of hydrogen-bond acceptors (Lipinski definition) is 8. The molecule has 3 heterocycles. The summed E-state index contributed by atoms with van der Waals surface area (Å²) in [6.45, 7) is 3.14. The summed E-state index contributed by atoms with van der Waals surface area (Å²) in [4.78, 5) is 27.0. The average molecular weight is 405 g/mol. The SMILES string of the molecule is O=C(NCC(c1cccs1)N1CCOCC1)c1cc2c(cc1[N+](=O)[O-])OCO2. The van der Waals surface area contributed by atoms with Crippen molar-refractivity contribution < 1.29 is 23.9 Å². The molecule has 0 radical (unpaired) electrons. The average Bonchev–Trinajstić information content (AvgIpc) is 3.39. The van der Waals surface area contributed by atoms with Gasteiger partial charge >= 0.3 is 0 Å². The first-order chi connectivity index (χ1) is 13.6. The Morgan fingerprint density at radius 2 is 2.04 bits per heavy atom. The van der Waals surface area contributed by atoms with Gasteiger partial charge in [-0.3, -0.25) is 19.8 Å². The van der Waals surface area contributed by atoms with Crippen LogP contribution in [0.1, 0.15) is 21.3 Å². The van der Waals surface area contributed by atoms with Crippen LogP contribution >= 0.6 is 11.3 Å². The Hall–Kier alpha value is -2.69. The van der Waals surface area contributed by atoms with Gasteiger partial charge in [0.1, 0.15) is 5.56 Å². The zero-order chi connectivity index (χ0) is 19.5. The number of ether oxygens (including phenoxy) is 3. The van der Waals surface area contributed by atoms with Crippen molar-refractivity contribution in [2.24, 2.45) is 0 Å². The fraction of sp³-hybridized carbons (Fsp3) is 0.389. The van der Waals surface area contributed by atoms with Gasteiger partial charge in [-0.2, -0.15) is 0 Å². The summed E-state index contributed by atoms with van der Waals surface area (Å²) in [5, 5.41) is 16.3. The van der Waals surface area contributed by atoms with E-state index in [-0.39, 0.29) is 29.8 Å². The highest BCUT2D eigenvalue weighted by Crippen LogP contribution is 2.38. The summed E-state index contributed by atoms with van der Waals surface area (Å²) in [5.41, 5.74) is -0.345. The molecule has 148 valence electrons. The quantitative estimate of drug-likeness (QED) is 0.580. The molecule has 2 aliphatic heterocycles. The number of benzene rings is 1. The summed E-state index contributed by atoms with van der Waals surface area (Å²) in [6.07, 6.45) is 0. The molecule has 1 amide bonds. The molecule has 1 saturated heterocycles. The molecule has 28 heavy (non-hydrogen) atoms. The highest BCUT2D eigenvalue weighted by Gasteiger charge is 2.29. The van der Waals surface area contributed by atoms with Gasteiger partial charge in [0.05, 0.1) is 30.2 Å². The second-order valence-electron chi connectivity index (χ2n) is 6.37. The number of morpholine rings is 1. The summed E-state index contributed by atoms with van der Waals surface area (Å²) >= 11 is 1.62. The smallest absolute Gasteiger partial charge is 0.286 e. The minimum atomic E-state index is -0.588. The van der Waals surface area contributed by atoms with Gasteiger partial charge in [-0.15, -0.1) is 11.3 Å². The molecular weight excluding hydrogens is 386 g/mol. The fourth-order valence-corrected chi connectivity index (χ4v) is 4.19. The maximum atomic E-state index is 12.8. The molecule has 1 fully saturated rings. The highest BCUT2D eigenvalue weighted by molar-refractivity contribution is 7.10. The summed E-state index contributed by atoms with van der Waals surface area (Å²) < 4.78 is 15.9. The number of amides is 1. The van der Waals surface area contributed by atoms with Crippen LogP contribution in [0.25, 0.3) is 0 Å². The largest absolute Gasteiger partial charge is 0.454 e. The van der Waals surface area contributed by atoms with Crippen LogP contribution in [-0.4, -0.2) is 55.4 Å². The van der Waals surface area contributed by atoms with Crippen molar-refractivity contribution in [1.29, 1.82) is 0 Å². The first-order valence-electron chi connectivity index (χ1n) is 8.85. The molecule has 1 aromatic carbocycles. The van der Waals surface area contributed by atoms with Crippen LogP contribution in [0.2, 0.25) is 0 Å². The molecule has 1 N–H and O–H groups in total. The molecule has 4 rings (SSSR count). The lowest BCUT2D eigenvalue weighted by Gasteiger charge is -2.34. The van der Waals surface area contributed by atoms with Gasteiger partial charge in [0, 0.05) is 30.6 Å². The number of hydrogen-bond donors (Lipinski definition) is 1. The Morgan fingerprint density at radius 1 is 1.29 bits per heavy atom. The second kappa shape index (κ2) is 8.13. The lowest BCUT2D eigenvalue weighted by molar-refractivity contribution is -0.385. The summed E-state index contributed by atoms with van der Waals surface area (Å²) in [7, 11) is 0. The second-order valence-corrected chi connectivity index (χ2v) is 7.35. The lowest BCUT2D eigenvalue weighted by Crippen LogP contribution is -2.43. The van der Waals surface area contributed by atoms with E-state index in [0.29, 0.717) is 25.5 Å². The maximum absolute atomic E-state index is 12.8. The van der Waals surface area contributed by atoms with Crippen LogP contribution < -0.4 is 14.8 Å². The highest BCUT2D eigenvalue weighted by atomic mass is 32.1. The van der Waals surface area contributed by atoms with E-state index in [0.717, 1.165) is 18.0 Å². The van der Waals surface area contributed by atoms with E-state index in [9.17, 15) is 14.9 Å².